The first-order chi connectivity index (χ1) is 13.5. The van der Waals surface area contributed by atoms with Gasteiger partial charge in [-0.15, -0.1) is 0 Å². The van der Waals surface area contributed by atoms with E-state index in [-0.39, 0.29) is 16.9 Å². The van der Waals surface area contributed by atoms with Gasteiger partial charge in [0.05, 0.1) is 0 Å². The van der Waals surface area contributed by atoms with E-state index in [1.807, 2.05) is 48.5 Å². The highest BCUT2D eigenvalue weighted by atomic mass is 16.5. The van der Waals surface area contributed by atoms with Crippen LogP contribution >= 0.6 is 0 Å². The first kappa shape index (κ1) is 21.1. The molecule has 0 radical (unpaired) electrons. The predicted octanol–water partition coefficient (Wildman–Crippen LogP) is 6.38. The molecule has 1 unspecified atom stereocenters. The van der Waals surface area contributed by atoms with Crippen molar-refractivity contribution in [3.05, 3.63) is 71.0 Å². The molecule has 0 spiro atoms. The van der Waals surface area contributed by atoms with Crippen LogP contribution in [0.2, 0.25) is 0 Å². The summed E-state index contributed by atoms with van der Waals surface area (Å²) in [5, 5.41) is 15.3. The number of aromatic hydroxyl groups is 1. The Morgan fingerprint density at radius 3 is 1.93 bits per heavy atom. The maximum atomic E-state index is 10.9. The molecule has 3 aromatic rings. The summed E-state index contributed by atoms with van der Waals surface area (Å²) < 4.78 is 11.3. The van der Waals surface area contributed by atoms with Gasteiger partial charge in [0, 0.05) is 29.9 Å². The van der Waals surface area contributed by atoms with E-state index in [2.05, 4.69) is 46.7 Å². The molecule has 0 saturated carbocycles. The van der Waals surface area contributed by atoms with Crippen LogP contribution in [0.15, 0.2) is 53.1 Å². The molecule has 0 fully saturated rings. The molecule has 29 heavy (non-hydrogen) atoms. The van der Waals surface area contributed by atoms with Gasteiger partial charge in [-0.1, -0.05) is 77.0 Å². The molecule has 4 heteroatoms. The molecule has 0 bridgehead atoms. The Hall–Kier alpha value is -2.59. The van der Waals surface area contributed by atoms with E-state index in [9.17, 15) is 5.11 Å². The zero-order chi connectivity index (χ0) is 21.4. The van der Waals surface area contributed by atoms with Gasteiger partial charge in [-0.3, -0.25) is 0 Å². The molecule has 3 rings (SSSR count). The summed E-state index contributed by atoms with van der Waals surface area (Å²) in [6.45, 7) is 12.6. The van der Waals surface area contributed by atoms with Crippen molar-refractivity contribution >= 4 is 0 Å². The fourth-order valence-corrected chi connectivity index (χ4v) is 3.52. The normalized spacial score (nSPS) is 13.5. The Kier molecular flexibility index (Phi) is 5.59. The summed E-state index contributed by atoms with van der Waals surface area (Å²) in [4.78, 5) is 0. The van der Waals surface area contributed by atoms with Gasteiger partial charge in [-0.05, 0) is 28.5 Å². The minimum Gasteiger partial charge on any atom is -0.507 e. The van der Waals surface area contributed by atoms with Crippen molar-refractivity contribution in [2.24, 2.45) is 0 Å². The summed E-state index contributed by atoms with van der Waals surface area (Å²) in [5.74, 6) is 1.01. The minimum absolute atomic E-state index is 0.203. The molecule has 1 atom stereocenters. The van der Waals surface area contributed by atoms with Gasteiger partial charge < -0.3 is 14.4 Å². The second-order valence-corrected chi connectivity index (χ2v) is 9.56. The molecular formula is C25H31NO3. The van der Waals surface area contributed by atoms with E-state index < -0.39 is 0 Å². The summed E-state index contributed by atoms with van der Waals surface area (Å²) >= 11 is 0. The van der Waals surface area contributed by atoms with Crippen LogP contribution < -0.4 is 0 Å². The van der Waals surface area contributed by atoms with Crippen molar-refractivity contribution < 1.29 is 14.4 Å². The van der Waals surface area contributed by atoms with Gasteiger partial charge in [0.15, 0.2) is 5.76 Å². The summed E-state index contributed by atoms with van der Waals surface area (Å²) in [5.41, 5.74) is 4.06. The first-order valence-electron chi connectivity index (χ1n) is 9.95. The SMILES string of the molecule is COC(c1ccccc1)c1cc(-c2cc(C(C)(C)C)c(O)c(C(C)(C)C)c2)no1. The number of rotatable bonds is 4. The minimum atomic E-state index is -0.321. The summed E-state index contributed by atoms with van der Waals surface area (Å²) in [7, 11) is 1.66. The number of aromatic nitrogens is 1. The zero-order valence-electron chi connectivity index (χ0n) is 18.4. The highest BCUT2D eigenvalue weighted by Crippen LogP contribution is 2.42. The highest BCUT2D eigenvalue weighted by Gasteiger charge is 2.28. The van der Waals surface area contributed by atoms with Gasteiger partial charge in [-0.25, -0.2) is 0 Å². The number of hydrogen-bond acceptors (Lipinski definition) is 4. The molecule has 1 aromatic heterocycles. The van der Waals surface area contributed by atoms with Crippen LogP contribution in [0.3, 0.4) is 0 Å². The highest BCUT2D eigenvalue weighted by molar-refractivity contribution is 5.66. The molecule has 0 amide bonds. The molecule has 1 heterocycles. The fraction of sp³-hybridized carbons (Fsp3) is 0.400. The van der Waals surface area contributed by atoms with E-state index >= 15 is 0 Å². The lowest BCUT2D eigenvalue weighted by Crippen LogP contribution is -2.17. The van der Waals surface area contributed by atoms with E-state index in [1.54, 1.807) is 7.11 Å². The third kappa shape index (κ3) is 4.38. The lowest BCUT2D eigenvalue weighted by atomic mass is 9.78. The van der Waals surface area contributed by atoms with E-state index in [4.69, 9.17) is 9.26 Å². The number of ether oxygens (including phenoxy) is 1. The van der Waals surface area contributed by atoms with Crippen LogP contribution in [0.4, 0.5) is 0 Å². The van der Waals surface area contributed by atoms with Crippen LogP contribution in [0.1, 0.15) is 70.1 Å². The van der Waals surface area contributed by atoms with Crippen LogP contribution in [0.5, 0.6) is 5.75 Å². The molecule has 0 aliphatic carbocycles. The van der Waals surface area contributed by atoms with Gasteiger partial charge >= 0.3 is 0 Å². The Labute approximate surface area is 173 Å². The largest absolute Gasteiger partial charge is 0.507 e. The number of phenols is 1. The predicted molar refractivity (Wildman–Crippen MR) is 116 cm³/mol. The monoisotopic (exact) mass is 393 g/mol. The van der Waals surface area contributed by atoms with Gasteiger partial charge in [0.25, 0.3) is 0 Å². The average Bonchev–Trinajstić information content (AvgIpc) is 3.11. The maximum Gasteiger partial charge on any atom is 0.170 e. The smallest absolute Gasteiger partial charge is 0.170 e. The van der Waals surface area contributed by atoms with Crippen LogP contribution in [0, 0.1) is 0 Å². The Bertz CT molecular complexity index is 940. The van der Waals surface area contributed by atoms with Crippen molar-refractivity contribution in [2.75, 3.05) is 7.11 Å². The molecule has 2 aromatic carbocycles. The quantitative estimate of drug-likeness (QED) is 0.559. The van der Waals surface area contributed by atoms with Crippen molar-refractivity contribution in [1.82, 2.24) is 5.16 Å². The number of benzene rings is 2. The first-order valence-corrected chi connectivity index (χ1v) is 9.95. The van der Waals surface area contributed by atoms with Crippen LogP contribution in [-0.2, 0) is 15.6 Å². The lowest BCUT2D eigenvalue weighted by molar-refractivity contribution is 0.109. The standard InChI is InChI=1S/C25H31NO3/c1-24(2,3)18-13-17(14-19(22(18)27)25(4,5)6)20-15-21(29-26-20)23(28-7)16-11-9-8-10-12-16/h8-15,23,27H,1-7H3. The Morgan fingerprint density at radius 1 is 0.897 bits per heavy atom. The zero-order valence-corrected chi connectivity index (χ0v) is 18.4. The number of methoxy groups -OCH3 is 1. The van der Waals surface area contributed by atoms with Crippen molar-refractivity contribution in [3.8, 4) is 17.0 Å². The third-order valence-corrected chi connectivity index (χ3v) is 5.15. The molecule has 154 valence electrons. The lowest BCUT2D eigenvalue weighted by Gasteiger charge is -2.28. The maximum absolute atomic E-state index is 10.9. The summed E-state index contributed by atoms with van der Waals surface area (Å²) in [6, 6.07) is 15.9. The average molecular weight is 394 g/mol. The van der Waals surface area contributed by atoms with Crippen LogP contribution in [0.25, 0.3) is 11.3 Å². The van der Waals surface area contributed by atoms with Crippen molar-refractivity contribution in [3.63, 3.8) is 0 Å². The number of phenolic OH excluding ortho intramolecular Hbond substituents is 1. The molecule has 4 nitrogen and oxygen atoms in total. The van der Waals surface area contributed by atoms with Gasteiger partial charge in [0.1, 0.15) is 17.5 Å². The second kappa shape index (κ2) is 7.68. The topological polar surface area (TPSA) is 55.5 Å². The van der Waals surface area contributed by atoms with E-state index in [0.717, 1.165) is 27.9 Å². The van der Waals surface area contributed by atoms with E-state index in [1.165, 1.54) is 0 Å². The Balaban J connectivity index is 2.10. The van der Waals surface area contributed by atoms with E-state index in [0.29, 0.717) is 11.5 Å². The second-order valence-electron chi connectivity index (χ2n) is 9.56. The molecular weight excluding hydrogens is 362 g/mol. The van der Waals surface area contributed by atoms with Gasteiger partial charge in [0.2, 0.25) is 0 Å². The summed E-state index contributed by atoms with van der Waals surface area (Å²) in [6.07, 6.45) is -0.321. The third-order valence-electron chi connectivity index (χ3n) is 5.15. The number of hydrogen-bond donors (Lipinski definition) is 1. The van der Waals surface area contributed by atoms with Crippen LogP contribution in [-0.4, -0.2) is 17.4 Å². The van der Waals surface area contributed by atoms with Crippen molar-refractivity contribution in [1.29, 1.82) is 0 Å². The van der Waals surface area contributed by atoms with Gasteiger partial charge in [-0.2, -0.15) is 0 Å². The fourth-order valence-electron chi connectivity index (χ4n) is 3.52. The Morgan fingerprint density at radius 2 is 1.45 bits per heavy atom. The molecule has 0 aliphatic rings. The molecule has 0 saturated heterocycles. The number of nitrogens with zero attached hydrogens (tertiary/aromatic N) is 1. The molecule has 0 aliphatic heterocycles. The molecule has 1 N–H and O–H groups in total. The van der Waals surface area contributed by atoms with Crippen molar-refractivity contribution in [2.45, 2.75) is 58.5 Å².